The fourth-order valence-corrected chi connectivity index (χ4v) is 5.22. The van der Waals surface area contributed by atoms with Gasteiger partial charge in [-0.3, -0.25) is 4.79 Å². The molecule has 168 valence electrons. The van der Waals surface area contributed by atoms with Crippen LogP contribution in [0.25, 0.3) is 0 Å². The van der Waals surface area contributed by atoms with E-state index in [-0.39, 0.29) is 29.9 Å². The van der Waals surface area contributed by atoms with Crippen molar-refractivity contribution in [2.75, 3.05) is 20.8 Å². The predicted octanol–water partition coefficient (Wildman–Crippen LogP) is 3.34. The molecule has 2 aromatic carbocycles. The molecule has 1 N–H and O–H groups in total. The lowest BCUT2D eigenvalue weighted by molar-refractivity contribution is -0.122. The Labute approximate surface area is 184 Å². The Morgan fingerprint density at radius 2 is 1.68 bits per heavy atom. The number of rotatable bonds is 9. The number of nitrogens with zero attached hydrogens (tertiary/aromatic N) is 1. The van der Waals surface area contributed by atoms with Crippen LogP contribution in [0.2, 0.25) is 0 Å². The fraction of sp³-hybridized carbons (Fsp3) is 0.435. The highest BCUT2D eigenvalue weighted by molar-refractivity contribution is 7.89. The molecule has 0 aromatic heterocycles. The number of hydrogen-bond acceptors (Lipinski definition) is 5. The Morgan fingerprint density at radius 1 is 1.00 bits per heavy atom. The standard InChI is InChI=1S/C23H30N2O5S/c1-29-21-14-13-20(15-22(21)30-2)31(27,28)25(16-18-9-5-3-6-10-18)17-23(26)24-19-11-7-4-8-12-19/h3,5-6,9-10,13-15,19H,4,7-8,11-12,16-17H2,1-2H3,(H,24,26). The zero-order valence-electron chi connectivity index (χ0n) is 18.0. The van der Waals surface area contributed by atoms with Crippen molar-refractivity contribution in [2.24, 2.45) is 0 Å². The highest BCUT2D eigenvalue weighted by Gasteiger charge is 2.29. The molecular formula is C23H30N2O5S. The molecular weight excluding hydrogens is 416 g/mol. The molecule has 1 aliphatic rings. The topological polar surface area (TPSA) is 84.9 Å². The van der Waals surface area contributed by atoms with Gasteiger partial charge in [-0.2, -0.15) is 4.31 Å². The van der Waals surface area contributed by atoms with E-state index in [9.17, 15) is 13.2 Å². The van der Waals surface area contributed by atoms with Crippen molar-refractivity contribution in [2.45, 2.75) is 49.6 Å². The second kappa shape index (κ2) is 10.6. The van der Waals surface area contributed by atoms with E-state index in [4.69, 9.17) is 9.47 Å². The van der Waals surface area contributed by atoms with Gasteiger partial charge in [-0.15, -0.1) is 0 Å². The van der Waals surface area contributed by atoms with E-state index in [0.717, 1.165) is 31.2 Å². The summed E-state index contributed by atoms with van der Waals surface area (Å²) in [6.45, 7) is -0.155. The number of benzene rings is 2. The van der Waals surface area contributed by atoms with Crippen LogP contribution in [0.5, 0.6) is 11.5 Å². The van der Waals surface area contributed by atoms with Crippen LogP contribution in [-0.4, -0.2) is 45.4 Å². The van der Waals surface area contributed by atoms with Crippen LogP contribution < -0.4 is 14.8 Å². The second-order valence-corrected chi connectivity index (χ2v) is 9.62. The number of carbonyl (C=O) groups is 1. The minimum atomic E-state index is -3.96. The Hall–Kier alpha value is -2.58. The van der Waals surface area contributed by atoms with E-state index in [1.54, 1.807) is 6.07 Å². The first-order chi connectivity index (χ1) is 14.9. The molecule has 0 atom stereocenters. The summed E-state index contributed by atoms with van der Waals surface area (Å²) in [5.74, 6) is 0.466. The third kappa shape index (κ3) is 5.98. The van der Waals surface area contributed by atoms with Gasteiger partial charge in [-0.1, -0.05) is 49.6 Å². The molecule has 0 spiro atoms. The summed E-state index contributed by atoms with van der Waals surface area (Å²) in [5.41, 5.74) is 0.803. The summed E-state index contributed by atoms with van der Waals surface area (Å²) >= 11 is 0. The molecule has 0 heterocycles. The van der Waals surface area contributed by atoms with Crippen LogP contribution in [0.15, 0.2) is 53.4 Å². The van der Waals surface area contributed by atoms with E-state index in [2.05, 4.69) is 5.32 Å². The van der Waals surface area contributed by atoms with Gasteiger partial charge in [0.25, 0.3) is 0 Å². The first-order valence-corrected chi connectivity index (χ1v) is 11.9. The zero-order chi connectivity index (χ0) is 22.3. The Morgan fingerprint density at radius 3 is 2.32 bits per heavy atom. The lowest BCUT2D eigenvalue weighted by Gasteiger charge is -2.26. The lowest BCUT2D eigenvalue weighted by atomic mass is 9.95. The smallest absolute Gasteiger partial charge is 0.243 e. The van der Waals surface area contributed by atoms with E-state index in [1.807, 2.05) is 30.3 Å². The molecule has 31 heavy (non-hydrogen) atoms. The van der Waals surface area contributed by atoms with Gasteiger partial charge in [-0.25, -0.2) is 8.42 Å². The molecule has 1 fully saturated rings. The summed E-state index contributed by atoms with van der Waals surface area (Å²) in [6.07, 6.45) is 5.23. The van der Waals surface area contributed by atoms with E-state index in [0.29, 0.717) is 11.5 Å². The van der Waals surface area contributed by atoms with E-state index >= 15 is 0 Å². The molecule has 2 aromatic rings. The van der Waals surface area contributed by atoms with Gasteiger partial charge in [0.05, 0.1) is 25.7 Å². The number of methoxy groups -OCH3 is 2. The average molecular weight is 447 g/mol. The minimum absolute atomic E-state index is 0.0477. The second-order valence-electron chi connectivity index (χ2n) is 7.68. The third-order valence-corrected chi connectivity index (χ3v) is 7.27. The van der Waals surface area contributed by atoms with Crippen molar-refractivity contribution in [3.63, 3.8) is 0 Å². The fourth-order valence-electron chi connectivity index (χ4n) is 3.82. The third-order valence-electron chi connectivity index (χ3n) is 5.48. The van der Waals surface area contributed by atoms with Crippen molar-refractivity contribution in [1.29, 1.82) is 0 Å². The maximum Gasteiger partial charge on any atom is 0.243 e. The number of hydrogen-bond donors (Lipinski definition) is 1. The Bertz CT molecular complexity index is 973. The summed E-state index contributed by atoms with van der Waals surface area (Å²) in [5, 5.41) is 3.01. The molecule has 0 bridgehead atoms. The van der Waals surface area contributed by atoms with Crippen molar-refractivity contribution < 1.29 is 22.7 Å². The van der Waals surface area contributed by atoms with Crippen molar-refractivity contribution in [3.05, 3.63) is 54.1 Å². The maximum absolute atomic E-state index is 13.5. The first-order valence-electron chi connectivity index (χ1n) is 10.5. The molecule has 1 saturated carbocycles. The Balaban J connectivity index is 1.86. The van der Waals surface area contributed by atoms with Gasteiger partial charge in [-0.05, 0) is 30.5 Å². The predicted molar refractivity (Wildman–Crippen MR) is 119 cm³/mol. The summed E-state index contributed by atoms with van der Waals surface area (Å²) in [7, 11) is -1.01. The SMILES string of the molecule is COc1ccc(S(=O)(=O)N(CC(=O)NC2CCCCC2)Cc2ccccc2)cc1OC. The van der Waals surface area contributed by atoms with Crippen molar-refractivity contribution in [3.8, 4) is 11.5 Å². The normalized spacial score (nSPS) is 14.9. The van der Waals surface area contributed by atoms with E-state index in [1.165, 1.54) is 37.1 Å². The molecule has 1 aliphatic carbocycles. The van der Waals surface area contributed by atoms with Gasteiger partial charge in [0.15, 0.2) is 11.5 Å². The zero-order valence-corrected chi connectivity index (χ0v) is 18.9. The highest BCUT2D eigenvalue weighted by atomic mass is 32.2. The monoisotopic (exact) mass is 446 g/mol. The molecule has 0 aliphatic heterocycles. The molecule has 8 heteroatoms. The molecule has 0 unspecified atom stereocenters. The van der Waals surface area contributed by atoms with Gasteiger partial charge in [0.1, 0.15) is 0 Å². The highest BCUT2D eigenvalue weighted by Crippen LogP contribution is 2.31. The van der Waals surface area contributed by atoms with Crippen LogP contribution in [-0.2, 0) is 21.4 Å². The molecule has 0 radical (unpaired) electrons. The quantitative estimate of drug-likeness (QED) is 0.639. The summed E-state index contributed by atoms with van der Waals surface area (Å²) in [4.78, 5) is 12.8. The van der Waals surface area contributed by atoms with Crippen LogP contribution in [0, 0.1) is 0 Å². The minimum Gasteiger partial charge on any atom is -0.493 e. The summed E-state index contributed by atoms with van der Waals surface area (Å²) < 4.78 is 38.6. The van der Waals surface area contributed by atoms with E-state index < -0.39 is 10.0 Å². The molecule has 1 amide bonds. The number of sulfonamides is 1. The van der Waals surface area contributed by atoms with Crippen LogP contribution in [0.3, 0.4) is 0 Å². The van der Waals surface area contributed by atoms with Crippen LogP contribution in [0.1, 0.15) is 37.7 Å². The van der Waals surface area contributed by atoms with Crippen molar-refractivity contribution in [1.82, 2.24) is 9.62 Å². The van der Waals surface area contributed by atoms with Crippen molar-refractivity contribution >= 4 is 15.9 Å². The molecule has 7 nitrogen and oxygen atoms in total. The molecule has 0 saturated heterocycles. The number of amides is 1. The number of carbonyl (C=O) groups excluding carboxylic acids is 1. The maximum atomic E-state index is 13.5. The van der Waals surface area contributed by atoms with Crippen LogP contribution >= 0.6 is 0 Å². The van der Waals surface area contributed by atoms with Gasteiger partial charge in [0.2, 0.25) is 15.9 Å². The largest absolute Gasteiger partial charge is 0.493 e. The summed E-state index contributed by atoms with van der Waals surface area (Å²) in [6, 6.07) is 13.8. The lowest BCUT2D eigenvalue weighted by Crippen LogP contribution is -2.44. The van der Waals surface area contributed by atoms with Gasteiger partial charge in [0, 0.05) is 18.7 Å². The Kier molecular flexibility index (Phi) is 7.92. The van der Waals surface area contributed by atoms with Gasteiger partial charge < -0.3 is 14.8 Å². The van der Waals surface area contributed by atoms with Gasteiger partial charge >= 0.3 is 0 Å². The number of nitrogens with one attached hydrogen (secondary N) is 1. The molecule has 3 rings (SSSR count). The first kappa shape index (κ1) is 23.1. The average Bonchev–Trinajstić information content (AvgIpc) is 2.79. The van der Waals surface area contributed by atoms with Crippen LogP contribution in [0.4, 0.5) is 0 Å². The number of ether oxygens (including phenoxy) is 2.